The van der Waals surface area contributed by atoms with Crippen molar-refractivity contribution in [2.24, 2.45) is 0 Å². The summed E-state index contributed by atoms with van der Waals surface area (Å²) in [5.41, 5.74) is 5.76. The minimum absolute atomic E-state index is 0.622. The zero-order valence-corrected chi connectivity index (χ0v) is 19.6. The highest BCUT2D eigenvalue weighted by atomic mass is 15.2. The maximum absolute atomic E-state index is 5.03. The standard InChI is InChI=1S/C31H18N6/c1-2-7-22-21(6-1)27-24(29-28(22)33-17-18-34-29)10-9-23-20-5-3-4-8-26(20)37(30(23)27)31-35-16-13-25(36-31)19-11-14-32-15-12-19/h1-18H. The molecule has 0 aliphatic carbocycles. The van der Waals surface area contributed by atoms with Crippen LogP contribution >= 0.6 is 0 Å². The minimum atomic E-state index is 0.622. The second kappa shape index (κ2) is 7.63. The normalized spacial score (nSPS) is 11.8. The first kappa shape index (κ1) is 20.0. The third-order valence-electron chi connectivity index (χ3n) is 7.06. The molecule has 8 aromatic rings. The Morgan fingerprint density at radius 3 is 2.05 bits per heavy atom. The van der Waals surface area contributed by atoms with Crippen molar-refractivity contribution < 1.29 is 0 Å². The molecule has 0 saturated carbocycles. The van der Waals surface area contributed by atoms with E-state index >= 15 is 0 Å². The first-order valence-electron chi connectivity index (χ1n) is 12.1. The van der Waals surface area contributed by atoms with Crippen molar-refractivity contribution in [1.29, 1.82) is 0 Å². The van der Waals surface area contributed by atoms with Crippen molar-refractivity contribution >= 4 is 54.4 Å². The first-order chi connectivity index (χ1) is 18.4. The summed E-state index contributed by atoms with van der Waals surface area (Å²) in [5, 5.41) is 6.69. The molecule has 0 radical (unpaired) electrons. The van der Waals surface area contributed by atoms with E-state index in [0.717, 1.165) is 65.6 Å². The Kier molecular flexibility index (Phi) is 4.13. The number of benzene rings is 4. The zero-order valence-electron chi connectivity index (χ0n) is 19.6. The van der Waals surface area contributed by atoms with Crippen molar-refractivity contribution in [3.8, 4) is 17.2 Å². The highest BCUT2D eigenvalue weighted by Gasteiger charge is 2.20. The lowest BCUT2D eigenvalue weighted by molar-refractivity contribution is 0.994. The van der Waals surface area contributed by atoms with Crippen molar-refractivity contribution in [3.63, 3.8) is 0 Å². The Labute approximate surface area is 210 Å². The predicted molar refractivity (Wildman–Crippen MR) is 148 cm³/mol. The van der Waals surface area contributed by atoms with Gasteiger partial charge >= 0.3 is 0 Å². The fourth-order valence-corrected chi connectivity index (χ4v) is 5.51. The van der Waals surface area contributed by atoms with Gasteiger partial charge in [0.2, 0.25) is 5.95 Å². The lowest BCUT2D eigenvalue weighted by Gasteiger charge is -2.13. The van der Waals surface area contributed by atoms with Gasteiger partial charge in [-0.25, -0.2) is 9.97 Å². The summed E-state index contributed by atoms with van der Waals surface area (Å²) in [4.78, 5) is 23.4. The SMILES string of the molecule is c1ccc2c(c1)c1nccnc1c1ccc3c4ccccc4n(-c4nccc(-c5ccncc5)n4)c3c21. The Balaban J connectivity index is 1.60. The molecular weight excluding hydrogens is 456 g/mol. The number of nitrogens with zero attached hydrogens (tertiary/aromatic N) is 6. The van der Waals surface area contributed by atoms with Gasteiger partial charge in [-0.1, -0.05) is 54.6 Å². The summed E-state index contributed by atoms with van der Waals surface area (Å²) >= 11 is 0. The lowest BCUT2D eigenvalue weighted by Crippen LogP contribution is -2.02. The van der Waals surface area contributed by atoms with Gasteiger partial charge in [0.05, 0.1) is 27.8 Å². The molecule has 6 nitrogen and oxygen atoms in total. The Morgan fingerprint density at radius 1 is 0.514 bits per heavy atom. The van der Waals surface area contributed by atoms with E-state index in [1.165, 1.54) is 0 Å². The van der Waals surface area contributed by atoms with Gasteiger partial charge in [-0.2, -0.15) is 0 Å². The summed E-state index contributed by atoms with van der Waals surface area (Å²) in [5.74, 6) is 0.622. The molecule has 8 rings (SSSR count). The highest BCUT2D eigenvalue weighted by Crippen LogP contribution is 2.41. The molecule has 0 atom stereocenters. The summed E-state index contributed by atoms with van der Waals surface area (Å²) in [6.07, 6.45) is 8.90. The van der Waals surface area contributed by atoms with Gasteiger partial charge in [-0.3, -0.25) is 19.5 Å². The number of pyridine rings is 1. The smallest absolute Gasteiger partial charge is 0.235 e. The number of aromatic nitrogens is 6. The van der Waals surface area contributed by atoms with E-state index in [4.69, 9.17) is 19.9 Å². The minimum Gasteiger partial charge on any atom is -0.277 e. The molecule has 0 aliphatic heterocycles. The van der Waals surface area contributed by atoms with Crippen LogP contribution in [-0.4, -0.2) is 29.5 Å². The fraction of sp³-hybridized carbons (Fsp3) is 0. The topological polar surface area (TPSA) is 69.4 Å². The third kappa shape index (κ3) is 2.84. The van der Waals surface area contributed by atoms with E-state index < -0.39 is 0 Å². The Morgan fingerprint density at radius 2 is 1.22 bits per heavy atom. The average Bonchev–Trinajstić information content (AvgIpc) is 3.32. The number of rotatable bonds is 2. The number of para-hydroxylation sites is 1. The molecule has 0 amide bonds. The average molecular weight is 475 g/mol. The van der Waals surface area contributed by atoms with Crippen LogP contribution in [0.5, 0.6) is 0 Å². The fourth-order valence-electron chi connectivity index (χ4n) is 5.51. The van der Waals surface area contributed by atoms with Crippen LogP contribution in [0.4, 0.5) is 0 Å². The summed E-state index contributed by atoms with van der Waals surface area (Å²) < 4.78 is 2.19. The van der Waals surface area contributed by atoms with Crippen LogP contribution in [0.3, 0.4) is 0 Å². The maximum Gasteiger partial charge on any atom is 0.235 e. The van der Waals surface area contributed by atoms with Gasteiger partial charge in [-0.05, 0) is 29.7 Å². The Hall–Kier alpha value is -5.23. The van der Waals surface area contributed by atoms with Crippen LogP contribution in [0.15, 0.2) is 110 Å². The molecule has 0 aliphatic rings. The van der Waals surface area contributed by atoms with Gasteiger partial charge in [-0.15, -0.1) is 0 Å². The second-order valence-corrected chi connectivity index (χ2v) is 9.01. The van der Waals surface area contributed by atoms with E-state index in [0.29, 0.717) is 5.95 Å². The molecule has 0 saturated heterocycles. The van der Waals surface area contributed by atoms with E-state index in [-0.39, 0.29) is 0 Å². The number of hydrogen-bond donors (Lipinski definition) is 0. The van der Waals surface area contributed by atoms with E-state index in [2.05, 4.69) is 70.2 Å². The van der Waals surface area contributed by atoms with E-state index in [1.807, 2.05) is 24.4 Å². The molecule has 0 spiro atoms. The molecule has 37 heavy (non-hydrogen) atoms. The summed E-state index contributed by atoms with van der Waals surface area (Å²) in [6, 6.07) is 27.1. The molecular formula is C31H18N6. The summed E-state index contributed by atoms with van der Waals surface area (Å²) in [7, 11) is 0. The maximum atomic E-state index is 5.03. The van der Waals surface area contributed by atoms with Crippen molar-refractivity contribution in [2.45, 2.75) is 0 Å². The van der Waals surface area contributed by atoms with Crippen LogP contribution in [-0.2, 0) is 0 Å². The van der Waals surface area contributed by atoms with Crippen LogP contribution in [0.1, 0.15) is 0 Å². The predicted octanol–water partition coefficient (Wildman–Crippen LogP) is 6.89. The molecule has 4 aromatic heterocycles. The van der Waals surface area contributed by atoms with Gasteiger partial charge in [0.25, 0.3) is 0 Å². The second-order valence-electron chi connectivity index (χ2n) is 9.01. The van der Waals surface area contributed by atoms with Gasteiger partial charge in [0, 0.05) is 63.5 Å². The molecule has 0 bridgehead atoms. The van der Waals surface area contributed by atoms with Gasteiger partial charge < -0.3 is 0 Å². The zero-order chi connectivity index (χ0) is 24.3. The van der Waals surface area contributed by atoms with Crippen LogP contribution in [0.2, 0.25) is 0 Å². The molecule has 172 valence electrons. The van der Waals surface area contributed by atoms with Crippen LogP contribution < -0.4 is 0 Å². The molecule has 0 unspecified atom stereocenters. The largest absolute Gasteiger partial charge is 0.277 e. The Bertz CT molecular complexity index is 2110. The van der Waals surface area contributed by atoms with E-state index in [1.54, 1.807) is 24.8 Å². The van der Waals surface area contributed by atoms with Gasteiger partial charge in [0.15, 0.2) is 0 Å². The molecule has 0 N–H and O–H groups in total. The number of hydrogen-bond acceptors (Lipinski definition) is 5. The monoisotopic (exact) mass is 474 g/mol. The highest BCUT2D eigenvalue weighted by molar-refractivity contribution is 6.32. The molecule has 4 heterocycles. The van der Waals surface area contributed by atoms with Crippen LogP contribution in [0.25, 0.3) is 71.6 Å². The number of fused-ring (bicyclic) bond motifs is 10. The quantitative estimate of drug-likeness (QED) is 0.255. The summed E-state index contributed by atoms with van der Waals surface area (Å²) in [6.45, 7) is 0. The van der Waals surface area contributed by atoms with Crippen molar-refractivity contribution in [2.75, 3.05) is 0 Å². The van der Waals surface area contributed by atoms with Crippen molar-refractivity contribution in [1.82, 2.24) is 29.5 Å². The van der Waals surface area contributed by atoms with Crippen molar-refractivity contribution in [3.05, 3.63) is 110 Å². The van der Waals surface area contributed by atoms with Crippen LogP contribution in [0, 0.1) is 0 Å². The van der Waals surface area contributed by atoms with Gasteiger partial charge in [0.1, 0.15) is 0 Å². The first-order valence-corrected chi connectivity index (χ1v) is 12.1. The molecule has 0 fully saturated rings. The molecule has 6 heteroatoms. The molecule has 4 aromatic carbocycles. The lowest BCUT2D eigenvalue weighted by atomic mass is 9.97. The van der Waals surface area contributed by atoms with E-state index in [9.17, 15) is 0 Å². The third-order valence-corrected chi connectivity index (χ3v) is 7.06.